The van der Waals surface area contributed by atoms with Crippen molar-refractivity contribution in [2.24, 2.45) is 0 Å². The number of para-hydroxylation sites is 2. The Kier molecular flexibility index (Phi) is 4.70. The summed E-state index contributed by atoms with van der Waals surface area (Å²) in [6.07, 6.45) is 2.72. The van der Waals surface area contributed by atoms with Crippen molar-refractivity contribution in [2.45, 2.75) is 45.3 Å². The number of nitrogen functional groups attached to an aromatic ring is 1. The monoisotopic (exact) mass is 368 g/mol. The third-order valence-corrected chi connectivity index (χ3v) is 5.19. The molecular weight excluding hydrogens is 344 g/mol. The number of fused-ring (bicyclic) bond motifs is 2. The van der Waals surface area contributed by atoms with Crippen LogP contribution in [0.25, 0.3) is 22.2 Å². The Morgan fingerprint density at radius 1 is 1.37 bits per heavy atom. The van der Waals surface area contributed by atoms with E-state index in [0.29, 0.717) is 22.5 Å². The van der Waals surface area contributed by atoms with E-state index in [2.05, 4.69) is 11.9 Å². The van der Waals surface area contributed by atoms with Crippen LogP contribution in [0.5, 0.6) is 0 Å². The number of carbonyl (C=O) groups is 1. The minimum atomic E-state index is -0.473. The van der Waals surface area contributed by atoms with E-state index < -0.39 is 5.97 Å². The summed E-state index contributed by atoms with van der Waals surface area (Å²) in [5.74, 6) is -0.119. The van der Waals surface area contributed by atoms with Gasteiger partial charge in [0.05, 0.1) is 17.1 Å². The largest absolute Gasteiger partial charge is 0.459 e. The Labute approximate surface area is 157 Å². The van der Waals surface area contributed by atoms with E-state index in [1.165, 1.54) is 0 Å². The van der Waals surface area contributed by atoms with Crippen molar-refractivity contribution >= 4 is 34.0 Å². The summed E-state index contributed by atoms with van der Waals surface area (Å²) in [7, 11) is 0. The quantitative estimate of drug-likeness (QED) is 0.693. The van der Waals surface area contributed by atoms with Gasteiger partial charge in [0.1, 0.15) is 23.5 Å². The lowest BCUT2D eigenvalue weighted by atomic mass is 10.2. The molecule has 0 aliphatic carbocycles. The minimum absolute atomic E-state index is 0.0370. The molecule has 1 saturated heterocycles. The number of nitrogens with zero attached hydrogens (tertiary/aromatic N) is 3. The van der Waals surface area contributed by atoms with Gasteiger partial charge in [0.2, 0.25) is 0 Å². The fourth-order valence-corrected chi connectivity index (χ4v) is 3.53. The first-order valence-corrected chi connectivity index (χ1v) is 9.45. The number of esters is 1. The van der Waals surface area contributed by atoms with Crippen LogP contribution in [-0.2, 0) is 9.47 Å². The molecule has 1 aliphatic rings. The molecule has 0 bridgehead atoms. The molecule has 27 heavy (non-hydrogen) atoms. The van der Waals surface area contributed by atoms with Crippen LogP contribution in [0.4, 0.5) is 5.82 Å². The molecule has 1 aromatic carbocycles. The summed E-state index contributed by atoms with van der Waals surface area (Å²) in [6, 6.07) is 7.68. The Morgan fingerprint density at radius 2 is 2.11 bits per heavy atom. The molecule has 0 radical (unpaired) electrons. The van der Waals surface area contributed by atoms with Gasteiger partial charge in [-0.15, -0.1) is 0 Å². The number of carbonyl (C=O) groups excluding carboxylic acids is 1. The van der Waals surface area contributed by atoms with Gasteiger partial charge in [-0.05, 0) is 38.3 Å². The van der Waals surface area contributed by atoms with E-state index in [9.17, 15) is 4.79 Å². The number of nitrogens with two attached hydrogens (primary N) is 1. The molecule has 0 spiro atoms. The van der Waals surface area contributed by atoms with Gasteiger partial charge in [-0.3, -0.25) is 0 Å². The van der Waals surface area contributed by atoms with Crippen molar-refractivity contribution in [3.8, 4) is 0 Å². The first-order chi connectivity index (χ1) is 13.1. The van der Waals surface area contributed by atoms with Gasteiger partial charge in [0, 0.05) is 12.6 Å². The van der Waals surface area contributed by atoms with Crippen molar-refractivity contribution < 1.29 is 14.3 Å². The average Bonchev–Trinajstić information content (AvgIpc) is 3.29. The van der Waals surface area contributed by atoms with Crippen LogP contribution >= 0.6 is 0 Å². The van der Waals surface area contributed by atoms with Crippen LogP contribution in [0.3, 0.4) is 0 Å². The van der Waals surface area contributed by atoms with Crippen molar-refractivity contribution in [2.75, 3.05) is 18.9 Å². The molecule has 7 nitrogen and oxygen atoms in total. The predicted molar refractivity (Wildman–Crippen MR) is 104 cm³/mol. The topological polar surface area (TPSA) is 92.3 Å². The SMILES string of the molecule is CC[C@@H](C)n1c(N)c(C(=O)OC[C@@H]2CCCO2)c2nc3ccccc3nc21. The van der Waals surface area contributed by atoms with Gasteiger partial charge in [-0.2, -0.15) is 0 Å². The second kappa shape index (κ2) is 7.15. The first-order valence-electron chi connectivity index (χ1n) is 9.45. The number of anilines is 1. The number of rotatable bonds is 5. The molecule has 142 valence electrons. The zero-order valence-electron chi connectivity index (χ0n) is 15.6. The lowest BCUT2D eigenvalue weighted by Gasteiger charge is -2.14. The fraction of sp³-hybridized carbons (Fsp3) is 0.450. The van der Waals surface area contributed by atoms with E-state index in [-0.39, 0.29) is 18.8 Å². The highest BCUT2D eigenvalue weighted by Gasteiger charge is 2.28. The van der Waals surface area contributed by atoms with Crippen LogP contribution in [0.2, 0.25) is 0 Å². The standard InChI is InChI=1S/C20H24N4O3/c1-3-12(2)24-18(21)16(20(25)27-11-13-7-6-10-26-13)17-19(24)23-15-9-5-4-8-14(15)22-17/h4-5,8-9,12-13H,3,6-7,10-11,21H2,1-2H3/t12-,13+/m1/s1. The minimum Gasteiger partial charge on any atom is -0.459 e. The maximum atomic E-state index is 12.9. The van der Waals surface area contributed by atoms with Gasteiger partial charge in [-0.1, -0.05) is 19.1 Å². The number of aromatic nitrogens is 3. The molecule has 0 amide bonds. The van der Waals surface area contributed by atoms with Crippen LogP contribution in [0, 0.1) is 0 Å². The molecule has 0 saturated carbocycles. The van der Waals surface area contributed by atoms with Gasteiger partial charge in [0.15, 0.2) is 5.65 Å². The molecule has 2 aromatic heterocycles. The molecule has 3 heterocycles. The first kappa shape index (κ1) is 17.7. The van der Waals surface area contributed by atoms with E-state index in [1.807, 2.05) is 35.8 Å². The molecule has 1 aliphatic heterocycles. The number of ether oxygens (including phenoxy) is 2. The summed E-state index contributed by atoms with van der Waals surface area (Å²) in [6.45, 7) is 5.07. The lowest BCUT2D eigenvalue weighted by molar-refractivity contribution is 0.0163. The lowest BCUT2D eigenvalue weighted by Crippen LogP contribution is -2.19. The second-order valence-electron chi connectivity index (χ2n) is 7.01. The predicted octanol–water partition coefficient (Wildman–Crippen LogP) is 3.47. The summed E-state index contributed by atoms with van der Waals surface area (Å²) in [4.78, 5) is 22.3. The van der Waals surface area contributed by atoms with Gasteiger partial charge in [-0.25, -0.2) is 14.8 Å². The zero-order valence-corrected chi connectivity index (χ0v) is 15.6. The smallest absolute Gasteiger partial charge is 0.344 e. The van der Waals surface area contributed by atoms with Crippen molar-refractivity contribution in [3.63, 3.8) is 0 Å². The van der Waals surface area contributed by atoms with Crippen LogP contribution in [0.15, 0.2) is 24.3 Å². The zero-order chi connectivity index (χ0) is 19.0. The average molecular weight is 368 g/mol. The maximum Gasteiger partial charge on any atom is 0.344 e. The van der Waals surface area contributed by atoms with Crippen LogP contribution in [-0.4, -0.2) is 39.8 Å². The molecule has 2 N–H and O–H groups in total. The van der Waals surface area contributed by atoms with Crippen molar-refractivity contribution in [1.82, 2.24) is 14.5 Å². The number of hydrogen-bond acceptors (Lipinski definition) is 6. The molecular formula is C20H24N4O3. The highest BCUT2D eigenvalue weighted by Crippen LogP contribution is 2.32. The molecule has 1 fully saturated rings. The summed E-state index contributed by atoms with van der Waals surface area (Å²) < 4.78 is 12.9. The van der Waals surface area contributed by atoms with Crippen LogP contribution in [0.1, 0.15) is 49.5 Å². The Bertz CT molecular complexity index is 992. The molecule has 2 atom stereocenters. The van der Waals surface area contributed by atoms with Gasteiger partial charge < -0.3 is 19.8 Å². The third kappa shape index (κ3) is 3.12. The third-order valence-electron chi connectivity index (χ3n) is 5.19. The maximum absolute atomic E-state index is 12.9. The summed E-state index contributed by atoms with van der Waals surface area (Å²) in [5.41, 5.74) is 9.28. The van der Waals surface area contributed by atoms with Crippen LogP contribution < -0.4 is 5.73 Å². The van der Waals surface area contributed by atoms with E-state index >= 15 is 0 Å². The summed E-state index contributed by atoms with van der Waals surface area (Å²) >= 11 is 0. The molecule has 3 aromatic rings. The van der Waals surface area contributed by atoms with E-state index in [4.69, 9.17) is 20.2 Å². The van der Waals surface area contributed by atoms with E-state index in [0.717, 1.165) is 36.9 Å². The molecule has 7 heteroatoms. The number of hydrogen-bond donors (Lipinski definition) is 1. The number of benzene rings is 1. The van der Waals surface area contributed by atoms with Crippen molar-refractivity contribution in [1.29, 1.82) is 0 Å². The Balaban J connectivity index is 1.81. The molecule has 4 rings (SSSR count). The Hall–Kier alpha value is -2.67. The summed E-state index contributed by atoms with van der Waals surface area (Å²) in [5, 5.41) is 0. The van der Waals surface area contributed by atoms with E-state index in [1.54, 1.807) is 0 Å². The van der Waals surface area contributed by atoms with Gasteiger partial charge in [0.25, 0.3) is 0 Å². The fourth-order valence-electron chi connectivity index (χ4n) is 3.53. The van der Waals surface area contributed by atoms with Crippen molar-refractivity contribution in [3.05, 3.63) is 29.8 Å². The highest BCUT2D eigenvalue weighted by molar-refractivity contribution is 6.08. The molecule has 0 unspecified atom stereocenters. The highest BCUT2D eigenvalue weighted by atomic mass is 16.6. The second-order valence-corrected chi connectivity index (χ2v) is 7.01. The van der Waals surface area contributed by atoms with Gasteiger partial charge >= 0.3 is 5.97 Å². The normalized spacial score (nSPS) is 18.2. The Morgan fingerprint density at radius 3 is 2.78 bits per heavy atom.